The largest absolute Gasteiger partial charge is 0.416 e. The highest BCUT2D eigenvalue weighted by molar-refractivity contribution is 5.33. The normalized spacial score (nSPS) is 22.1. The summed E-state index contributed by atoms with van der Waals surface area (Å²) < 4.78 is 95.5. The molecule has 0 saturated carbocycles. The van der Waals surface area contributed by atoms with E-state index in [-0.39, 0.29) is 17.7 Å². The topological polar surface area (TPSA) is 34.2 Å². The van der Waals surface area contributed by atoms with Crippen molar-refractivity contribution in [3.05, 3.63) is 70.8 Å². The first-order chi connectivity index (χ1) is 18.1. The highest BCUT2D eigenvalue weighted by Crippen LogP contribution is 2.36. The van der Waals surface area contributed by atoms with Gasteiger partial charge in [0.2, 0.25) is 0 Å². The summed E-state index contributed by atoms with van der Waals surface area (Å²) in [5.74, 6) is 0. The smallest absolute Gasteiger partial charge is 0.378 e. The minimum absolute atomic E-state index is 0.112. The lowest BCUT2D eigenvalue weighted by molar-refractivity contribution is -0.185. The second-order valence-electron chi connectivity index (χ2n) is 9.57. The zero-order valence-electron chi connectivity index (χ0n) is 20.9. The lowest BCUT2D eigenvalue weighted by Crippen LogP contribution is -2.44. The molecule has 11 heteroatoms. The van der Waals surface area contributed by atoms with E-state index in [4.69, 9.17) is 14.2 Å². The average Bonchev–Trinajstić information content (AvgIpc) is 2.90. The van der Waals surface area contributed by atoms with Crippen molar-refractivity contribution in [2.45, 2.75) is 44.1 Å². The number of benzene rings is 2. The molecule has 2 atom stereocenters. The zero-order chi connectivity index (χ0) is 27.2. The van der Waals surface area contributed by atoms with Crippen molar-refractivity contribution < 1.29 is 40.6 Å². The Balaban J connectivity index is 1.24. The first-order valence-corrected chi connectivity index (χ1v) is 12.7. The molecule has 0 bridgehead atoms. The van der Waals surface area contributed by atoms with Crippen molar-refractivity contribution in [3.63, 3.8) is 0 Å². The lowest BCUT2D eigenvalue weighted by Gasteiger charge is -2.36. The summed E-state index contributed by atoms with van der Waals surface area (Å²) in [5, 5.41) is 0. The van der Waals surface area contributed by atoms with E-state index in [1.54, 1.807) is 0 Å². The molecular weight excluding hydrogens is 514 g/mol. The first kappa shape index (κ1) is 28.8. The summed E-state index contributed by atoms with van der Waals surface area (Å²) in [7, 11) is 0. The Morgan fingerprint density at radius 1 is 0.842 bits per heavy atom. The van der Waals surface area contributed by atoms with Crippen molar-refractivity contribution in [2.75, 3.05) is 52.5 Å². The minimum Gasteiger partial charge on any atom is -0.378 e. The van der Waals surface area contributed by atoms with Crippen LogP contribution in [0.4, 0.5) is 26.3 Å². The van der Waals surface area contributed by atoms with Crippen LogP contribution in [0.1, 0.15) is 41.1 Å². The minimum atomic E-state index is -4.89. The molecule has 0 amide bonds. The third-order valence-electron chi connectivity index (χ3n) is 6.80. The van der Waals surface area contributed by atoms with Gasteiger partial charge in [0.1, 0.15) is 0 Å². The number of unbranched alkanes of at least 4 members (excludes halogenated alkanes) is 1. The van der Waals surface area contributed by atoms with E-state index in [0.29, 0.717) is 45.0 Å². The number of hydrogen-bond acceptors (Lipinski definition) is 5. The van der Waals surface area contributed by atoms with E-state index in [2.05, 4.69) is 21.9 Å². The molecule has 4 rings (SSSR count). The number of alkyl halides is 6. The Morgan fingerprint density at radius 2 is 1.53 bits per heavy atom. The Morgan fingerprint density at radius 3 is 2.21 bits per heavy atom. The van der Waals surface area contributed by atoms with Crippen molar-refractivity contribution >= 4 is 0 Å². The number of rotatable bonds is 9. The quantitative estimate of drug-likeness (QED) is 0.296. The molecule has 210 valence electrons. The van der Waals surface area contributed by atoms with Gasteiger partial charge < -0.3 is 14.2 Å². The molecule has 2 saturated heterocycles. The summed E-state index contributed by atoms with van der Waals surface area (Å²) in [6.07, 6.45) is -8.59. The third-order valence-corrected chi connectivity index (χ3v) is 6.80. The molecular formula is C27H32F6N2O3. The monoisotopic (exact) mass is 546 g/mol. The maximum absolute atomic E-state index is 13.1. The molecule has 5 nitrogen and oxygen atoms in total. The van der Waals surface area contributed by atoms with Crippen LogP contribution in [-0.4, -0.2) is 68.6 Å². The second kappa shape index (κ2) is 12.8. The van der Waals surface area contributed by atoms with E-state index in [1.807, 2.05) is 18.2 Å². The fourth-order valence-electron chi connectivity index (χ4n) is 4.80. The highest BCUT2D eigenvalue weighted by Gasteiger charge is 2.37. The maximum atomic E-state index is 13.1. The predicted molar refractivity (Wildman–Crippen MR) is 128 cm³/mol. The molecule has 0 aromatic heterocycles. The standard InChI is InChI=1S/C27H32F6N2O3/c28-26(29,30)22-14-20(15-23(16-22)27(31,32)33)18-38-25-17-34(10-13-37-25)8-4-5-9-35-11-12-36-19-24(35)21-6-2-1-3-7-21/h1-3,6-7,14-16,24-25H,4-5,8-13,17-19H2/t24-,25-/m1/s1. The molecule has 38 heavy (non-hydrogen) atoms. The second-order valence-corrected chi connectivity index (χ2v) is 9.57. The number of halogens is 6. The number of ether oxygens (including phenoxy) is 3. The zero-order valence-corrected chi connectivity index (χ0v) is 20.9. The van der Waals surface area contributed by atoms with Gasteiger partial charge in [-0.25, -0.2) is 0 Å². The van der Waals surface area contributed by atoms with Crippen molar-refractivity contribution in [3.8, 4) is 0 Å². The van der Waals surface area contributed by atoms with Crippen LogP contribution in [0.15, 0.2) is 48.5 Å². The first-order valence-electron chi connectivity index (χ1n) is 12.7. The summed E-state index contributed by atoms with van der Waals surface area (Å²) in [5.41, 5.74) is -1.67. The highest BCUT2D eigenvalue weighted by atomic mass is 19.4. The average molecular weight is 547 g/mol. The van der Waals surface area contributed by atoms with Gasteiger partial charge in [-0.05, 0) is 55.3 Å². The number of nitrogens with zero attached hydrogens (tertiary/aromatic N) is 2. The van der Waals surface area contributed by atoms with Gasteiger partial charge in [-0.15, -0.1) is 0 Å². The van der Waals surface area contributed by atoms with Crippen LogP contribution in [0, 0.1) is 0 Å². The van der Waals surface area contributed by atoms with Crippen LogP contribution in [0.5, 0.6) is 0 Å². The van der Waals surface area contributed by atoms with Gasteiger partial charge >= 0.3 is 12.4 Å². The van der Waals surface area contributed by atoms with Crippen LogP contribution in [0.2, 0.25) is 0 Å². The molecule has 2 fully saturated rings. The Kier molecular flexibility index (Phi) is 9.69. The Hall–Kier alpha value is -2.18. The van der Waals surface area contributed by atoms with Gasteiger partial charge in [0.15, 0.2) is 6.29 Å². The van der Waals surface area contributed by atoms with E-state index in [9.17, 15) is 26.3 Å². The van der Waals surface area contributed by atoms with Crippen LogP contribution in [-0.2, 0) is 33.2 Å². The predicted octanol–water partition coefficient (Wildman–Crippen LogP) is 5.75. The summed E-state index contributed by atoms with van der Waals surface area (Å²) >= 11 is 0. The van der Waals surface area contributed by atoms with Crippen LogP contribution in [0.3, 0.4) is 0 Å². The Labute approximate surface area is 218 Å². The fourth-order valence-corrected chi connectivity index (χ4v) is 4.80. The molecule has 2 aliphatic rings. The molecule has 0 N–H and O–H groups in total. The van der Waals surface area contributed by atoms with E-state index in [0.717, 1.165) is 32.5 Å². The van der Waals surface area contributed by atoms with Gasteiger partial charge in [-0.1, -0.05) is 30.3 Å². The van der Waals surface area contributed by atoms with Gasteiger partial charge in [0, 0.05) is 19.6 Å². The summed E-state index contributed by atoms with van der Waals surface area (Å²) in [6.45, 7) is 5.03. The van der Waals surface area contributed by atoms with Crippen molar-refractivity contribution in [1.29, 1.82) is 0 Å². The molecule has 0 radical (unpaired) electrons. The van der Waals surface area contributed by atoms with E-state index >= 15 is 0 Å². The van der Waals surface area contributed by atoms with Gasteiger partial charge in [-0.3, -0.25) is 9.80 Å². The third kappa shape index (κ3) is 8.16. The van der Waals surface area contributed by atoms with Crippen LogP contribution >= 0.6 is 0 Å². The SMILES string of the molecule is FC(F)(F)c1cc(CO[C@@H]2CN(CCCCN3CCOC[C@@H]3c3ccccc3)CCO2)cc(C(F)(F)F)c1. The Bertz CT molecular complexity index is 986. The van der Waals surface area contributed by atoms with Crippen molar-refractivity contribution in [2.24, 2.45) is 0 Å². The molecule has 0 aliphatic carbocycles. The van der Waals surface area contributed by atoms with Crippen LogP contribution in [0.25, 0.3) is 0 Å². The molecule has 2 aromatic carbocycles. The molecule has 0 unspecified atom stereocenters. The molecule has 2 aromatic rings. The summed E-state index contributed by atoms with van der Waals surface area (Å²) in [4.78, 5) is 4.59. The van der Waals surface area contributed by atoms with E-state index in [1.165, 1.54) is 5.56 Å². The van der Waals surface area contributed by atoms with Gasteiger partial charge in [0.05, 0.1) is 43.6 Å². The van der Waals surface area contributed by atoms with Gasteiger partial charge in [0.25, 0.3) is 0 Å². The molecule has 2 aliphatic heterocycles. The van der Waals surface area contributed by atoms with Crippen LogP contribution < -0.4 is 0 Å². The fraction of sp³-hybridized carbons (Fsp3) is 0.556. The molecule has 0 spiro atoms. The number of hydrogen-bond donors (Lipinski definition) is 0. The van der Waals surface area contributed by atoms with Crippen molar-refractivity contribution in [1.82, 2.24) is 9.80 Å². The summed E-state index contributed by atoms with van der Waals surface area (Å²) in [6, 6.07) is 12.0. The maximum Gasteiger partial charge on any atom is 0.416 e. The molecule has 2 heterocycles. The van der Waals surface area contributed by atoms with Gasteiger partial charge in [-0.2, -0.15) is 26.3 Å². The number of morpholine rings is 2. The van der Waals surface area contributed by atoms with E-state index < -0.39 is 36.4 Å². The lowest BCUT2D eigenvalue weighted by atomic mass is 10.0.